The maximum atomic E-state index is 13.8. The second kappa shape index (κ2) is 9.45. The SMILES string of the molecule is Cc1ccc(CCN[C@@H](C(=O)c2c[nH]c3cc(-c4cn(C)nn4)ccc23)c2ccccc2)cc1. The molecule has 0 spiro atoms. The number of hydrogen-bond acceptors (Lipinski definition) is 4. The van der Waals surface area contributed by atoms with Crippen molar-refractivity contribution < 1.29 is 4.79 Å². The first-order valence-corrected chi connectivity index (χ1v) is 11.4. The summed E-state index contributed by atoms with van der Waals surface area (Å²) in [6, 6.07) is 24.0. The van der Waals surface area contributed by atoms with Crippen LogP contribution in [0.1, 0.15) is 33.1 Å². The number of aryl methyl sites for hydroxylation is 2. The highest BCUT2D eigenvalue weighted by atomic mass is 16.1. The fourth-order valence-corrected chi connectivity index (χ4v) is 4.25. The summed E-state index contributed by atoms with van der Waals surface area (Å²) in [7, 11) is 1.84. The van der Waals surface area contributed by atoms with E-state index in [-0.39, 0.29) is 5.78 Å². The van der Waals surface area contributed by atoms with E-state index in [0.717, 1.165) is 34.1 Å². The number of ketones is 1. The highest BCUT2D eigenvalue weighted by Gasteiger charge is 2.24. The molecule has 1 atom stereocenters. The van der Waals surface area contributed by atoms with Gasteiger partial charge in [-0.2, -0.15) is 0 Å². The molecule has 170 valence electrons. The number of Topliss-reactive ketones (excluding diaryl/α,β-unsaturated/α-hetero) is 1. The molecule has 34 heavy (non-hydrogen) atoms. The van der Waals surface area contributed by atoms with Crippen LogP contribution in [0.25, 0.3) is 22.2 Å². The van der Waals surface area contributed by atoms with Gasteiger partial charge in [0.25, 0.3) is 0 Å². The van der Waals surface area contributed by atoms with Gasteiger partial charge in [0.1, 0.15) is 5.69 Å². The fourth-order valence-electron chi connectivity index (χ4n) is 4.25. The molecule has 2 heterocycles. The molecule has 0 aliphatic heterocycles. The van der Waals surface area contributed by atoms with E-state index >= 15 is 0 Å². The van der Waals surface area contributed by atoms with Crippen LogP contribution in [0.2, 0.25) is 0 Å². The van der Waals surface area contributed by atoms with E-state index < -0.39 is 6.04 Å². The summed E-state index contributed by atoms with van der Waals surface area (Å²) in [6.45, 7) is 2.79. The minimum atomic E-state index is -0.426. The zero-order chi connectivity index (χ0) is 23.5. The molecule has 0 fully saturated rings. The third-order valence-electron chi connectivity index (χ3n) is 6.12. The maximum Gasteiger partial charge on any atom is 0.186 e. The number of hydrogen-bond donors (Lipinski definition) is 2. The Bertz CT molecular complexity index is 1420. The number of H-pyrrole nitrogens is 1. The van der Waals surface area contributed by atoms with Crippen molar-refractivity contribution in [2.75, 3.05) is 6.54 Å². The number of benzene rings is 3. The second-order valence-electron chi connectivity index (χ2n) is 8.64. The Morgan fingerprint density at radius 3 is 2.59 bits per heavy atom. The second-order valence-corrected chi connectivity index (χ2v) is 8.64. The van der Waals surface area contributed by atoms with E-state index in [2.05, 4.69) is 51.8 Å². The number of carbonyl (C=O) groups excluding carboxylic acids is 1. The lowest BCUT2D eigenvalue weighted by atomic mass is 9.96. The fraction of sp³-hybridized carbons (Fsp3) is 0.179. The first-order valence-electron chi connectivity index (χ1n) is 11.4. The Morgan fingerprint density at radius 1 is 1.06 bits per heavy atom. The van der Waals surface area contributed by atoms with Crippen LogP contribution in [0.4, 0.5) is 0 Å². The highest BCUT2D eigenvalue weighted by Crippen LogP contribution is 2.28. The molecule has 3 aromatic carbocycles. The molecule has 0 saturated heterocycles. The Hall–Kier alpha value is -4.03. The molecule has 2 aromatic heterocycles. The molecule has 6 heteroatoms. The Kier molecular flexibility index (Phi) is 6.06. The number of fused-ring (bicyclic) bond motifs is 1. The standard InChI is InChI=1S/C28H27N5O/c1-19-8-10-20(11-9-19)14-15-29-27(21-6-4-3-5-7-21)28(34)24-17-30-25-16-22(12-13-23(24)25)26-18-33(2)32-31-26/h3-13,16-18,27,29-30H,14-15H2,1-2H3/t27-/m1/s1. The van der Waals surface area contributed by atoms with Crippen molar-refractivity contribution in [3.63, 3.8) is 0 Å². The largest absolute Gasteiger partial charge is 0.360 e. The highest BCUT2D eigenvalue weighted by molar-refractivity contribution is 6.11. The molecule has 5 aromatic rings. The zero-order valence-electron chi connectivity index (χ0n) is 19.3. The number of aromatic amines is 1. The molecule has 0 bridgehead atoms. The summed E-state index contributed by atoms with van der Waals surface area (Å²) in [5.74, 6) is 0.0496. The minimum absolute atomic E-state index is 0.0496. The molecule has 0 aliphatic carbocycles. The normalized spacial score (nSPS) is 12.2. The summed E-state index contributed by atoms with van der Waals surface area (Å²) >= 11 is 0. The van der Waals surface area contributed by atoms with Gasteiger partial charge in [0.05, 0.1) is 12.2 Å². The van der Waals surface area contributed by atoms with Crippen LogP contribution in [0, 0.1) is 6.92 Å². The van der Waals surface area contributed by atoms with E-state index in [1.54, 1.807) is 4.68 Å². The lowest BCUT2D eigenvalue weighted by molar-refractivity contribution is 0.0945. The van der Waals surface area contributed by atoms with Crippen LogP contribution in [0.15, 0.2) is 85.2 Å². The van der Waals surface area contributed by atoms with E-state index in [4.69, 9.17) is 0 Å². The van der Waals surface area contributed by atoms with Crippen LogP contribution < -0.4 is 5.32 Å². The smallest absolute Gasteiger partial charge is 0.186 e. The van der Waals surface area contributed by atoms with E-state index in [9.17, 15) is 4.79 Å². The third-order valence-corrected chi connectivity index (χ3v) is 6.12. The average molecular weight is 450 g/mol. The van der Waals surface area contributed by atoms with Gasteiger partial charge in [-0.3, -0.25) is 9.48 Å². The zero-order valence-corrected chi connectivity index (χ0v) is 19.3. The molecule has 0 saturated carbocycles. The van der Waals surface area contributed by atoms with Crippen molar-refractivity contribution >= 4 is 16.7 Å². The summed E-state index contributed by atoms with van der Waals surface area (Å²) in [4.78, 5) is 17.0. The summed E-state index contributed by atoms with van der Waals surface area (Å²) < 4.78 is 1.68. The molecular formula is C28H27N5O. The van der Waals surface area contributed by atoms with E-state index in [1.165, 1.54) is 11.1 Å². The van der Waals surface area contributed by atoms with Crippen molar-refractivity contribution in [1.29, 1.82) is 0 Å². The first-order chi connectivity index (χ1) is 16.6. The predicted molar refractivity (Wildman–Crippen MR) is 135 cm³/mol. The summed E-state index contributed by atoms with van der Waals surface area (Å²) in [5.41, 5.74) is 6.79. The van der Waals surface area contributed by atoms with Gasteiger partial charge in [0, 0.05) is 41.8 Å². The van der Waals surface area contributed by atoms with E-state index in [0.29, 0.717) is 12.1 Å². The van der Waals surface area contributed by atoms with Crippen molar-refractivity contribution in [2.24, 2.45) is 7.05 Å². The molecule has 0 radical (unpaired) electrons. The Balaban J connectivity index is 1.40. The van der Waals surface area contributed by atoms with Gasteiger partial charge < -0.3 is 10.3 Å². The van der Waals surface area contributed by atoms with Gasteiger partial charge >= 0.3 is 0 Å². The van der Waals surface area contributed by atoms with Gasteiger partial charge in [-0.25, -0.2) is 0 Å². The average Bonchev–Trinajstić information content (AvgIpc) is 3.49. The minimum Gasteiger partial charge on any atom is -0.360 e. The third kappa shape index (κ3) is 4.54. The topological polar surface area (TPSA) is 75.6 Å². The van der Waals surface area contributed by atoms with Crippen molar-refractivity contribution in [2.45, 2.75) is 19.4 Å². The van der Waals surface area contributed by atoms with Gasteiger partial charge in [-0.15, -0.1) is 5.10 Å². The molecule has 0 unspecified atom stereocenters. The van der Waals surface area contributed by atoms with Crippen LogP contribution in [-0.2, 0) is 13.5 Å². The molecule has 6 nitrogen and oxygen atoms in total. The molecule has 0 amide bonds. The van der Waals surface area contributed by atoms with E-state index in [1.807, 2.05) is 68.0 Å². The molecule has 2 N–H and O–H groups in total. The van der Waals surface area contributed by atoms with Crippen LogP contribution in [-0.4, -0.2) is 32.3 Å². The van der Waals surface area contributed by atoms with Gasteiger partial charge in [0.15, 0.2) is 5.78 Å². The molecule has 5 rings (SSSR count). The maximum absolute atomic E-state index is 13.8. The Labute approximate surface area is 198 Å². The summed E-state index contributed by atoms with van der Waals surface area (Å²) in [6.07, 6.45) is 4.54. The quantitative estimate of drug-likeness (QED) is 0.326. The number of rotatable bonds is 8. The van der Waals surface area contributed by atoms with Crippen molar-refractivity contribution in [1.82, 2.24) is 25.3 Å². The van der Waals surface area contributed by atoms with Gasteiger partial charge in [0.2, 0.25) is 0 Å². The monoisotopic (exact) mass is 449 g/mol. The van der Waals surface area contributed by atoms with Crippen molar-refractivity contribution in [3.05, 3.63) is 107 Å². The summed E-state index contributed by atoms with van der Waals surface area (Å²) in [5, 5.41) is 12.6. The van der Waals surface area contributed by atoms with Crippen LogP contribution in [0.5, 0.6) is 0 Å². The van der Waals surface area contributed by atoms with Gasteiger partial charge in [-0.05, 0) is 30.5 Å². The van der Waals surface area contributed by atoms with Crippen LogP contribution >= 0.6 is 0 Å². The van der Waals surface area contributed by atoms with Crippen molar-refractivity contribution in [3.8, 4) is 11.3 Å². The molecule has 0 aliphatic rings. The number of aromatic nitrogens is 4. The predicted octanol–water partition coefficient (Wildman–Crippen LogP) is 5.03. The lowest BCUT2D eigenvalue weighted by Crippen LogP contribution is -2.30. The Morgan fingerprint density at radius 2 is 1.85 bits per heavy atom. The number of nitrogens with one attached hydrogen (secondary N) is 2. The van der Waals surface area contributed by atoms with Crippen LogP contribution in [0.3, 0.4) is 0 Å². The number of nitrogens with zero attached hydrogens (tertiary/aromatic N) is 3. The number of carbonyl (C=O) groups is 1. The van der Waals surface area contributed by atoms with Gasteiger partial charge in [-0.1, -0.05) is 77.5 Å². The molecular weight excluding hydrogens is 422 g/mol. The lowest BCUT2D eigenvalue weighted by Gasteiger charge is -2.18. The first kappa shape index (κ1) is 21.8.